The number of halogens is 3. The van der Waals surface area contributed by atoms with Crippen molar-refractivity contribution in [3.63, 3.8) is 0 Å². The fourth-order valence-corrected chi connectivity index (χ4v) is 3.83. The van der Waals surface area contributed by atoms with Crippen LogP contribution in [0.4, 0.5) is 19.0 Å². The predicted octanol–water partition coefficient (Wildman–Crippen LogP) is 0.742. The molecule has 1 atom stereocenters. The molecule has 0 bridgehead atoms. The molecule has 3 heterocycles. The number of hydrogen-bond acceptors (Lipinski definition) is 6. The van der Waals surface area contributed by atoms with Gasteiger partial charge in [-0.2, -0.15) is 17.7 Å². The summed E-state index contributed by atoms with van der Waals surface area (Å²) in [6.45, 7) is 0. The van der Waals surface area contributed by atoms with Crippen molar-refractivity contribution in [2.45, 2.75) is 18.6 Å². The normalized spacial score (nSPS) is 21.8. The van der Waals surface area contributed by atoms with Crippen molar-refractivity contribution in [3.05, 3.63) is 18.0 Å². The van der Waals surface area contributed by atoms with Gasteiger partial charge in [-0.1, -0.05) is 0 Å². The molecule has 1 unspecified atom stereocenters. The highest BCUT2D eigenvalue weighted by Crippen LogP contribution is 2.27. The molecular weight excluding hydrogens is 311 g/mol. The first-order chi connectivity index (χ1) is 9.74. The highest BCUT2D eigenvalue weighted by Gasteiger charge is 2.37. The minimum Gasteiger partial charge on any atom is -0.365 e. The highest BCUT2D eigenvalue weighted by atomic mass is 32.2. The van der Waals surface area contributed by atoms with Crippen LogP contribution in [0.2, 0.25) is 0 Å². The van der Waals surface area contributed by atoms with Gasteiger partial charge in [0, 0.05) is 6.04 Å². The highest BCUT2D eigenvalue weighted by molar-refractivity contribution is 7.91. The van der Waals surface area contributed by atoms with Crippen molar-refractivity contribution in [1.29, 1.82) is 0 Å². The standard InChI is InChI=1S/C10H10F3N5O2S/c11-10(12,13)9-16-15-8-2-1-7(17-18(8)9)14-6-3-4-21(19,20)5-6/h1-2,6H,3-5H2,(H,14,17). The van der Waals surface area contributed by atoms with Gasteiger partial charge in [0.15, 0.2) is 15.5 Å². The van der Waals surface area contributed by atoms with Crippen molar-refractivity contribution < 1.29 is 21.6 Å². The molecule has 0 aliphatic carbocycles. The molecule has 1 saturated heterocycles. The Bertz CT molecular complexity index is 786. The molecule has 114 valence electrons. The number of sulfone groups is 1. The lowest BCUT2D eigenvalue weighted by Crippen LogP contribution is -2.22. The van der Waals surface area contributed by atoms with E-state index < -0.39 is 21.8 Å². The lowest BCUT2D eigenvalue weighted by Gasteiger charge is -2.11. The first-order valence-electron chi connectivity index (χ1n) is 6.01. The summed E-state index contributed by atoms with van der Waals surface area (Å²) in [5.74, 6) is -1.07. The summed E-state index contributed by atoms with van der Waals surface area (Å²) in [5.41, 5.74) is -0.0353. The summed E-state index contributed by atoms with van der Waals surface area (Å²) in [6.07, 6.45) is -4.27. The van der Waals surface area contributed by atoms with Crippen LogP contribution in [0.5, 0.6) is 0 Å². The summed E-state index contributed by atoms with van der Waals surface area (Å²) in [7, 11) is -3.08. The molecule has 1 aliphatic heterocycles. The van der Waals surface area contributed by atoms with Gasteiger partial charge in [-0.3, -0.25) is 0 Å². The molecule has 2 aromatic heterocycles. The maximum atomic E-state index is 12.7. The first kappa shape index (κ1) is 14.0. The molecule has 0 saturated carbocycles. The molecular formula is C10H10F3N5O2S. The van der Waals surface area contributed by atoms with Gasteiger partial charge in [-0.05, 0) is 18.6 Å². The summed E-state index contributed by atoms with van der Waals surface area (Å²) in [4.78, 5) is 0. The zero-order chi connectivity index (χ0) is 15.3. The summed E-state index contributed by atoms with van der Waals surface area (Å²) >= 11 is 0. The SMILES string of the molecule is O=S1(=O)CCC(Nc2ccc3nnc(C(F)(F)F)n3n2)C1. The number of alkyl halides is 3. The van der Waals surface area contributed by atoms with Gasteiger partial charge in [0.05, 0.1) is 11.5 Å². The van der Waals surface area contributed by atoms with Crippen LogP contribution in [0.15, 0.2) is 12.1 Å². The van der Waals surface area contributed by atoms with E-state index in [-0.39, 0.29) is 29.0 Å². The predicted molar refractivity (Wildman–Crippen MR) is 66.5 cm³/mol. The van der Waals surface area contributed by atoms with E-state index in [0.717, 1.165) is 0 Å². The van der Waals surface area contributed by atoms with Gasteiger partial charge < -0.3 is 5.32 Å². The molecule has 1 fully saturated rings. The fourth-order valence-electron chi connectivity index (χ4n) is 2.16. The minimum atomic E-state index is -4.66. The summed E-state index contributed by atoms with van der Waals surface area (Å²) < 4.78 is 61.5. The van der Waals surface area contributed by atoms with Crippen molar-refractivity contribution >= 4 is 21.3 Å². The Morgan fingerprint density at radius 1 is 1.29 bits per heavy atom. The third kappa shape index (κ3) is 2.77. The minimum absolute atomic E-state index is 0.0353. The Balaban J connectivity index is 1.90. The Morgan fingerprint density at radius 3 is 2.67 bits per heavy atom. The topological polar surface area (TPSA) is 89.2 Å². The maximum Gasteiger partial charge on any atom is 0.453 e. The quantitative estimate of drug-likeness (QED) is 0.878. The Morgan fingerprint density at radius 2 is 2.05 bits per heavy atom. The molecule has 1 N–H and O–H groups in total. The van der Waals surface area contributed by atoms with Crippen LogP contribution in [-0.2, 0) is 16.0 Å². The molecule has 21 heavy (non-hydrogen) atoms. The Hall–Kier alpha value is -1.91. The lowest BCUT2D eigenvalue weighted by atomic mass is 10.2. The average Bonchev–Trinajstić information content (AvgIpc) is 2.91. The van der Waals surface area contributed by atoms with Gasteiger partial charge in [-0.25, -0.2) is 8.42 Å². The molecule has 7 nitrogen and oxygen atoms in total. The zero-order valence-corrected chi connectivity index (χ0v) is 11.3. The molecule has 0 radical (unpaired) electrons. The van der Waals surface area contributed by atoms with Gasteiger partial charge in [0.1, 0.15) is 5.82 Å². The van der Waals surface area contributed by atoms with E-state index in [4.69, 9.17) is 0 Å². The number of nitrogens with zero attached hydrogens (tertiary/aromatic N) is 4. The second-order valence-electron chi connectivity index (χ2n) is 4.75. The van der Waals surface area contributed by atoms with E-state index >= 15 is 0 Å². The molecule has 0 amide bonds. The largest absolute Gasteiger partial charge is 0.453 e. The van der Waals surface area contributed by atoms with Crippen LogP contribution >= 0.6 is 0 Å². The van der Waals surface area contributed by atoms with E-state index in [9.17, 15) is 21.6 Å². The monoisotopic (exact) mass is 321 g/mol. The van der Waals surface area contributed by atoms with Crippen LogP contribution in [0, 0.1) is 0 Å². The van der Waals surface area contributed by atoms with E-state index in [0.29, 0.717) is 10.9 Å². The number of rotatable bonds is 2. The fraction of sp³-hybridized carbons (Fsp3) is 0.500. The molecule has 3 rings (SSSR count). The van der Waals surface area contributed by atoms with Crippen molar-refractivity contribution in [2.24, 2.45) is 0 Å². The maximum absolute atomic E-state index is 12.7. The smallest absolute Gasteiger partial charge is 0.365 e. The van der Waals surface area contributed by atoms with Crippen LogP contribution < -0.4 is 5.32 Å². The van der Waals surface area contributed by atoms with E-state index in [2.05, 4.69) is 20.6 Å². The Labute approximate surface area is 117 Å². The van der Waals surface area contributed by atoms with Crippen LogP contribution in [0.3, 0.4) is 0 Å². The number of nitrogens with one attached hydrogen (secondary N) is 1. The van der Waals surface area contributed by atoms with Crippen molar-refractivity contribution in [2.75, 3.05) is 16.8 Å². The van der Waals surface area contributed by atoms with Crippen molar-refractivity contribution in [3.8, 4) is 0 Å². The molecule has 0 spiro atoms. The van der Waals surface area contributed by atoms with Crippen LogP contribution in [0.25, 0.3) is 5.65 Å². The van der Waals surface area contributed by atoms with E-state index in [1.54, 1.807) is 0 Å². The van der Waals surface area contributed by atoms with Crippen molar-refractivity contribution in [1.82, 2.24) is 19.8 Å². The number of fused-ring (bicyclic) bond motifs is 1. The molecule has 1 aliphatic rings. The second kappa shape index (κ2) is 4.55. The molecule has 11 heteroatoms. The number of aromatic nitrogens is 4. The van der Waals surface area contributed by atoms with Gasteiger partial charge in [0.2, 0.25) is 0 Å². The summed E-state index contributed by atoms with van der Waals surface area (Å²) in [6, 6.07) is 2.42. The van der Waals surface area contributed by atoms with E-state index in [1.165, 1.54) is 12.1 Å². The zero-order valence-electron chi connectivity index (χ0n) is 10.5. The Kier molecular flexibility index (Phi) is 3.04. The van der Waals surface area contributed by atoms with Gasteiger partial charge in [-0.15, -0.1) is 15.3 Å². The second-order valence-corrected chi connectivity index (χ2v) is 6.98. The average molecular weight is 321 g/mol. The van der Waals surface area contributed by atoms with Crippen LogP contribution in [0.1, 0.15) is 12.2 Å². The number of hydrogen-bond donors (Lipinski definition) is 1. The molecule has 2 aromatic rings. The lowest BCUT2D eigenvalue weighted by molar-refractivity contribution is -0.146. The molecule has 0 aromatic carbocycles. The summed E-state index contributed by atoms with van der Waals surface area (Å²) in [5, 5.41) is 13.1. The first-order valence-corrected chi connectivity index (χ1v) is 7.83. The van der Waals surface area contributed by atoms with Gasteiger partial charge >= 0.3 is 6.18 Å². The van der Waals surface area contributed by atoms with E-state index in [1.807, 2.05) is 0 Å². The third-order valence-electron chi connectivity index (χ3n) is 3.10. The number of anilines is 1. The van der Waals surface area contributed by atoms with Gasteiger partial charge in [0.25, 0.3) is 5.82 Å². The third-order valence-corrected chi connectivity index (χ3v) is 4.87. The van der Waals surface area contributed by atoms with Crippen LogP contribution in [-0.4, -0.2) is 45.8 Å².